The van der Waals surface area contributed by atoms with Crippen LogP contribution in [0.1, 0.15) is 32.1 Å². The van der Waals surface area contributed by atoms with E-state index in [0.29, 0.717) is 10.9 Å². The average molecular weight is 314 g/mol. The molecular formula is C16H18N4OS. The number of para-hydroxylation sites is 1. The standard InChI is InChI=1S/C16H18N4OS/c1-22-15-17-14(21)13-11-7-3-4-8-12(11)18-16(20(13)19-15)9-5-2-6-10-16/h3-4,7-8H,2,5-6,9-10H2,1H3,(H,17,19,21). The Kier molecular flexibility index (Phi) is 3.22. The summed E-state index contributed by atoms with van der Waals surface area (Å²) in [6.45, 7) is 0. The molecule has 6 heteroatoms. The zero-order valence-corrected chi connectivity index (χ0v) is 13.3. The Hall–Kier alpha value is -1.82. The van der Waals surface area contributed by atoms with Gasteiger partial charge in [0.2, 0.25) is 0 Å². The van der Waals surface area contributed by atoms with Crippen molar-refractivity contribution in [3.8, 4) is 0 Å². The van der Waals surface area contributed by atoms with E-state index in [1.807, 2.05) is 35.5 Å². The zero-order valence-electron chi connectivity index (χ0n) is 12.5. The molecule has 2 aliphatic heterocycles. The van der Waals surface area contributed by atoms with Gasteiger partial charge < -0.3 is 0 Å². The Bertz CT molecular complexity index is 780. The van der Waals surface area contributed by atoms with Crippen LogP contribution in [0.5, 0.6) is 0 Å². The second-order valence-electron chi connectivity index (χ2n) is 5.90. The lowest BCUT2D eigenvalue weighted by atomic mass is 9.87. The molecule has 1 aromatic rings. The normalized spacial score (nSPS) is 22.4. The summed E-state index contributed by atoms with van der Waals surface area (Å²) in [6.07, 6.45) is 7.30. The lowest BCUT2D eigenvalue weighted by Gasteiger charge is -2.45. The molecule has 1 aliphatic carbocycles. The van der Waals surface area contributed by atoms with Crippen molar-refractivity contribution in [1.29, 1.82) is 0 Å². The lowest BCUT2D eigenvalue weighted by molar-refractivity contribution is -0.116. The van der Waals surface area contributed by atoms with Crippen LogP contribution in [0.25, 0.3) is 5.70 Å². The van der Waals surface area contributed by atoms with Gasteiger partial charge >= 0.3 is 0 Å². The number of benzene rings is 1. The maximum absolute atomic E-state index is 12.7. The van der Waals surface area contributed by atoms with Gasteiger partial charge in [-0.2, -0.15) is 0 Å². The van der Waals surface area contributed by atoms with Crippen LogP contribution in [-0.2, 0) is 4.79 Å². The minimum Gasteiger partial charge on any atom is -0.298 e. The van der Waals surface area contributed by atoms with Crippen LogP contribution in [-0.4, -0.2) is 28.0 Å². The summed E-state index contributed by atoms with van der Waals surface area (Å²) in [5.74, 6) is -0.0772. The predicted octanol–water partition coefficient (Wildman–Crippen LogP) is 1.15. The van der Waals surface area contributed by atoms with Gasteiger partial charge in [0, 0.05) is 5.22 Å². The van der Waals surface area contributed by atoms with Crippen molar-refractivity contribution in [3.63, 3.8) is 0 Å². The van der Waals surface area contributed by atoms with Crippen molar-refractivity contribution >= 4 is 28.5 Å². The monoisotopic (exact) mass is 314 g/mol. The molecule has 3 aliphatic rings. The van der Waals surface area contributed by atoms with Crippen LogP contribution in [0, 0.1) is 0 Å². The number of nitrogens with zero attached hydrogens (tertiary/aromatic N) is 3. The molecule has 1 N–H and O–H groups in total. The van der Waals surface area contributed by atoms with E-state index in [2.05, 4.69) is 5.32 Å². The van der Waals surface area contributed by atoms with Crippen molar-refractivity contribution in [2.24, 2.45) is 10.1 Å². The molecular weight excluding hydrogens is 296 g/mol. The fraction of sp³-hybridized carbons (Fsp3) is 0.438. The molecule has 2 heterocycles. The van der Waals surface area contributed by atoms with E-state index >= 15 is 0 Å². The van der Waals surface area contributed by atoms with Crippen LogP contribution < -0.4 is 15.9 Å². The molecule has 114 valence electrons. The fourth-order valence-electron chi connectivity index (χ4n) is 3.53. The number of hydrogen-bond acceptors (Lipinski definition) is 5. The van der Waals surface area contributed by atoms with Gasteiger partial charge in [0.1, 0.15) is 5.70 Å². The van der Waals surface area contributed by atoms with Crippen LogP contribution in [0.3, 0.4) is 0 Å². The van der Waals surface area contributed by atoms with Gasteiger partial charge in [0.05, 0.1) is 5.36 Å². The minimum atomic E-state index is -0.388. The molecule has 5 nitrogen and oxygen atoms in total. The smallest absolute Gasteiger partial charge is 0.276 e. The molecule has 1 fully saturated rings. The Balaban J connectivity index is 2.01. The second kappa shape index (κ2) is 5.12. The molecule has 1 aromatic carbocycles. The summed E-state index contributed by atoms with van der Waals surface area (Å²) in [7, 11) is 0. The number of amidine groups is 1. The van der Waals surface area contributed by atoms with Crippen molar-refractivity contribution in [3.05, 3.63) is 34.8 Å². The first kappa shape index (κ1) is 13.8. The van der Waals surface area contributed by atoms with E-state index in [4.69, 9.17) is 10.1 Å². The van der Waals surface area contributed by atoms with Crippen molar-refractivity contribution in [1.82, 2.24) is 10.3 Å². The topological polar surface area (TPSA) is 57.1 Å². The number of hydrazone groups is 1. The number of carbonyl (C=O) groups is 1. The van der Waals surface area contributed by atoms with E-state index in [1.54, 1.807) is 0 Å². The summed E-state index contributed by atoms with van der Waals surface area (Å²) in [5.41, 5.74) is 0.256. The summed E-state index contributed by atoms with van der Waals surface area (Å²) in [5, 5.41) is 11.9. The summed E-state index contributed by atoms with van der Waals surface area (Å²) in [4.78, 5) is 17.7. The van der Waals surface area contributed by atoms with Gasteiger partial charge in [-0.3, -0.25) is 15.1 Å². The molecule has 1 spiro atoms. The largest absolute Gasteiger partial charge is 0.298 e. The molecule has 0 unspecified atom stereocenters. The number of nitrogens with one attached hydrogen (secondary N) is 1. The minimum absolute atomic E-state index is 0.0772. The highest BCUT2D eigenvalue weighted by Crippen LogP contribution is 2.39. The number of thioether (sulfide) groups is 1. The summed E-state index contributed by atoms with van der Waals surface area (Å²) in [6, 6.07) is 7.87. The van der Waals surface area contributed by atoms with Gasteiger partial charge in [0.25, 0.3) is 5.91 Å². The molecule has 1 saturated carbocycles. The summed E-state index contributed by atoms with van der Waals surface area (Å²) >= 11 is 1.46. The highest BCUT2D eigenvalue weighted by atomic mass is 32.2. The molecule has 4 rings (SSSR count). The Morgan fingerprint density at radius 3 is 2.77 bits per heavy atom. The third kappa shape index (κ3) is 1.97. The van der Waals surface area contributed by atoms with Crippen molar-refractivity contribution in [2.75, 3.05) is 6.26 Å². The fourth-order valence-corrected chi connectivity index (χ4v) is 3.89. The molecule has 0 bridgehead atoms. The summed E-state index contributed by atoms with van der Waals surface area (Å²) < 4.78 is 0. The quantitative estimate of drug-likeness (QED) is 0.782. The molecule has 22 heavy (non-hydrogen) atoms. The maximum atomic E-state index is 12.7. The third-order valence-electron chi connectivity index (χ3n) is 4.57. The number of carbonyl (C=O) groups excluding carboxylic acids is 1. The Labute approximate surface area is 133 Å². The van der Waals surface area contributed by atoms with Gasteiger partial charge in [-0.05, 0) is 38.0 Å². The number of rotatable bonds is 0. The Morgan fingerprint density at radius 1 is 1.23 bits per heavy atom. The first-order chi connectivity index (χ1) is 10.7. The Morgan fingerprint density at radius 2 is 2.00 bits per heavy atom. The molecule has 0 aromatic heterocycles. The predicted molar refractivity (Wildman–Crippen MR) is 87.4 cm³/mol. The number of amides is 1. The SMILES string of the molecule is CSC1=NN2C(=c3ccccc3=NC23CCCCC3)C(=O)N1. The second-order valence-corrected chi connectivity index (χ2v) is 6.69. The van der Waals surface area contributed by atoms with E-state index in [0.717, 1.165) is 36.3 Å². The maximum Gasteiger partial charge on any atom is 0.276 e. The third-order valence-corrected chi connectivity index (χ3v) is 5.14. The van der Waals surface area contributed by atoms with Crippen LogP contribution in [0.2, 0.25) is 0 Å². The first-order valence-corrected chi connectivity index (χ1v) is 8.89. The van der Waals surface area contributed by atoms with E-state index in [9.17, 15) is 4.79 Å². The molecule has 1 amide bonds. The van der Waals surface area contributed by atoms with E-state index in [1.165, 1.54) is 18.2 Å². The number of hydrogen-bond donors (Lipinski definition) is 1. The van der Waals surface area contributed by atoms with Gasteiger partial charge in [-0.15, -0.1) is 5.10 Å². The molecule has 0 saturated heterocycles. The van der Waals surface area contributed by atoms with Gasteiger partial charge in [-0.1, -0.05) is 36.4 Å². The van der Waals surface area contributed by atoms with Gasteiger partial charge in [-0.25, -0.2) is 5.01 Å². The van der Waals surface area contributed by atoms with Crippen LogP contribution >= 0.6 is 11.8 Å². The van der Waals surface area contributed by atoms with Crippen molar-refractivity contribution < 1.29 is 4.79 Å². The zero-order chi connectivity index (χ0) is 15.2. The van der Waals surface area contributed by atoms with Crippen LogP contribution in [0.4, 0.5) is 0 Å². The van der Waals surface area contributed by atoms with E-state index < -0.39 is 0 Å². The molecule has 0 radical (unpaired) electrons. The number of fused-ring (bicyclic) bond motifs is 3. The van der Waals surface area contributed by atoms with Crippen molar-refractivity contribution in [2.45, 2.75) is 37.8 Å². The molecule has 0 atom stereocenters. The highest BCUT2D eigenvalue weighted by Gasteiger charge is 2.45. The first-order valence-electron chi connectivity index (χ1n) is 7.67. The van der Waals surface area contributed by atoms with E-state index in [-0.39, 0.29) is 11.6 Å². The lowest BCUT2D eigenvalue weighted by Crippen LogP contribution is -2.59. The van der Waals surface area contributed by atoms with Gasteiger partial charge in [0.15, 0.2) is 10.8 Å². The average Bonchev–Trinajstić information content (AvgIpc) is 2.55. The highest BCUT2D eigenvalue weighted by molar-refractivity contribution is 8.13. The van der Waals surface area contributed by atoms with Crippen LogP contribution in [0.15, 0.2) is 34.4 Å².